The molecule has 160 valence electrons. The topological polar surface area (TPSA) is 66.4 Å². The average Bonchev–Trinajstić information content (AvgIpc) is 3.23. The number of nitrogens with one attached hydrogen (secondary N) is 1. The summed E-state index contributed by atoms with van der Waals surface area (Å²) in [7, 11) is 3.53. The normalized spacial score (nSPS) is 22.5. The van der Waals surface area contributed by atoms with Crippen LogP contribution in [-0.2, 0) is 9.53 Å². The van der Waals surface area contributed by atoms with Crippen molar-refractivity contribution in [2.75, 3.05) is 58.4 Å². The van der Waals surface area contributed by atoms with Crippen LogP contribution in [0.25, 0.3) is 0 Å². The minimum absolute atomic E-state index is 0.0604. The number of benzene rings is 1. The third-order valence-electron chi connectivity index (χ3n) is 5.81. The van der Waals surface area contributed by atoms with Crippen molar-refractivity contribution in [3.8, 4) is 5.75 Å². The Labute approximate surface area is 174 Å². The van der Waals surface area contributed by atoms with Gasteiger partial charge in [-0.1, -0.05) is 12.1 Å². The molecule has 0 aliphatic carbocycles. The minimum atomic E-state index is -0.0871. The van der Waals surface area contributed by atoms with Gasteiger partial charge in [-0.25, -0.2) is 0 Å². The predicted octanol–water partition coefficient (Wildman–Crippen LogP) is 2.37. The Hall–Kier alpha value is -2.44. The molecule has 0 saturated carbocycles. The molecule has 2 aliphatic rings. The highest BCUT2D eigenvalue weighted by molar-refractivity contribution is 5.81. The van der Waals surface area contributed by atoms with Gasteiger partial charge < -0.3 is 24.6 Å². The van der Waals surface area contributed by atoms with Crippen LogP contribution in [0.4, 0.5) is 5.69 Å². The number of hydrogen-bond donors (Lipinski definition) is 1. The van der Waals surface area contributed by atoms with Crippen molar-refractivity contribution in [1.29, 1.82) is 0 Å². The summed E-state index contributed by atoms with van der Waals surface area (Å²) in [4.78, 5) is 21.2. The number of piperidine rings is 1. The molecule has 0 amide bonds. The molecule has 2 unspecified atom stereocenters. The Morgan fingerprint density at radius 1 is 1.24 bits per heavy atom. The summed E-state index contributed by atoms with van der Waals surface area (Å²) in [6.45, 7) is 6.79. The molecule has 1 N–H and O–H groups in total. The van der Waals surface area contributed by atoms with E-state index in [0.29, 0.717) is 19.1 Å². The second-order valence-corrected chi connectivity index (χ2v) is 7.74. The Morgan fingerprint density at radius 3 is 2.83 bits per heavy atom. The summed E-state index contributed by atoms with van der Waals surface area (Å²) in [6.07, 6.45) is 3.01. The first kappa shape index (κ1) is 21.3. The van der Waals surface area contributed by atoms with Crippen molar-refractivity contribution in [2.45, 2.75) is 26.2 Å². The first-order chi connectivity index (χ1) is 14.2. The van der Waals surface area contributed by atoms with Crippen LogP contribution in [0.15, 0.2) is 29.3 Å². The molecule has 1 aromatic carbocycles. The number of likely N-dealkylation sites (tertiary alicyclic amines) is 1. The van der Waals surface area contributed by atoms with Gasteiger partial charge in [-0.15, -0.1) is 0 Å². The van der Waals surface area contributed by atoms with Crippen molar-refractivity contribution >= 4 is 17.6 Å². The van der Waals surface area contributed by atoms with Gasteiger partial charge in [0, 0.05) is 39.8 Å². The largest absolute Gasteiger partial charge is 0.495 e. The molecular weight excluding hydrogens is 368 g/mol. The maximum absolute atomic E-state index is 12.1. The molecule has 2 fully saturated rings. The van der Waals surface area contributed by atoms with E-state index >= 15 is 0 Å². The Kier molecular flexibility index (Phi) is 7.61. The standard InChI is InChI=1S/C22H34N4O3/c1-4-29-21(27)18-8-7-12-26(16-18)22(23-2)24-14-17-11-13-25(15-17)19-9-5-6-10-20(19)28-3/h5-6,9-10,17-18H,4,7-8,11-16H2,1-3H3,(H,23,24). The van der Waals surface area contributed by atoms with E-state index in [9.17, 15) is 4.79 Å². The molecule has 0 spiro atoms. The first-order valence-electron chi connectivity index (χ1n) is 10.7. The van der Waals surface area contributed by atoms with Crippen molar-refractivity contribution in [2.24, 2.45) is 16.8 Å². The summed E-state index contributed by atoms with van der Waals surface area (Å²) >= 11 is 0. The van der Waals surface area contributed by atoms with E-state index in [2.05, 4.69) is 32.2 Å². The number of ether oxygens (including phenoxy) is 2. The number of aliphatic imine (C=N–C) groups is 1. The number of hydrogen-bond acceptors (Lipinski definition) is 5. The third-order valence-corrected chi connectivity index (χ3v) is 5.81. The van der Waals surface area contributed by atoms with Gasteiger partial charge in [0.25, 0.3) is 0 Å². The predicted molar refractivity (Wildman–Crippen MR) is 116 cm³/mol. The number of para-hydroxylation sites is 2. The van der Waals surface area contributed by atoms with Crippen LogP contribution in [0, 0.1) is 11.8 Å². The molecule has 0 radical (unpaired) electrons. The van der Waals surface area contributed by atoms with Gasteiger partial charge in [-0.3, -0.25) is 9.79 Å². The SMILES string of the molecule is CCOC(=O)C1CCCN(C(=NC)NCC2CCN(c3ccccc3OC)C2)C1. The zero-order chi connectivity index (χ0) is 20.6. The van der Waals surface area contributed by atoms with Crippen LogP contribution >= 0.6 is 0 Å². The van der Waals surface area contributed by atoms with Crippen LogP contribution in [0.2, 0.25) is 0 Å². The molecule has 0 bridgehead atoms. The number of anilines is 1. The number of rotatable bonds is 6. The molecule has 2 heterocycles. The van der Waals surface area contributed by atoms with Gasteiger partial charge in [0.05, 0.1) is 25.3 Å². The van der Waals surface area contributed by atoms with Gasteiger partial charge in [0.15, 0.2) is 5.96 Å². The maximum Gasteiger partial charge on any atom is 0.310 e. The van der Waals surface area contributed by atoms with Crippen LogP contribution < -0.4 is 15.0 Å². The highest BCUT2D eigenvalue weighted by Gasteiger charge is 2.29. The molecule has 7 heteroatoms. The summed E-state index contributed by atoms with van der Waals surface area (Å²) in [5.41, 5.74) is 1.16. The average molecular weight is 403 g/mol. The fourth-order valence-electron chi connectivity index (χ4n) is 4.30. The molecule has 2 atom stereocenters. The monoisotopic (exact) mass is 402 g/mol. The van der Waals surface area contributed by atoms with E-state index in [0.717, 1.165) is 62.8 Å². The van der Waals surface area contributed by atoms with Gasteiger partial charge >= 0.3 is 5.97 Å². The number of methoxy groups -OCH3 is 1. The summed E-state index contributed by atoms with van der Waals surface area (Å²) in [6, 6.07) is 8.20. The van der Waals surface area contributed by atoms with Gasteiger partial charge in [-0.05, 0) is 44.2 Å². The van der Waals surface area contributed by atoms with Crippen molar-refractivity contribution in [1.82, 2.24) is 10.2 Å². The molecule has 7 nitrogen and oxygen atoms in total. The zero-order valence-corrected chi connectivity index (χ0v) is 17.9. The molecule has 2 saturated heterocycles. The van der Waals surface area contributed by atoms with Gasteiger partial charge in [-0.2, -0.15) is 0 Å². The van der Waals surface area contributed by atoms with Gasteiger partial charge in [0.1, 0.15) is 5.75 Å². The number of carbonyl (C=O) groups is 1. The Bertz CT molecular complexity index is 709. The maximum atomic E-state index is 12.1. The molecule has 2 aliphatic heterocycles. The fourth-order valence-corrected chi connectivity index (χ4v) is 4.30. The summed E-state index contributed by atoms with van der Waals surface area (Å²) in [5, 5.41) is 3.54. The van der Waals surface area contributed by atoms with E-state index in [1.165, 1.54) is 0 Å². The van der Waals surface area contributed by atoms with E-state index < -0.39 is 0 Å². The van der Waals surface area contributed by atoms with Gasteiger partial charge in [0.2, 0.25) is 0 Å². The lowest BCUT2D eigenvalue weighted by Crippen LogP contribution is -2.49. The quantitative estimate of drug-likeness (QED) is 0.448. The third kappa shape index (κ3) is 5.34. The Balaban J connectivity index is 1.52. The number of guanidine groups is 1. The fraction of sp³-hybridized carbons (Fsp3) is 0.636. The first-order valence-corrected chi connectivity index (χ1v) is 10.7. The molecule has 3 rings (SSSR count). The van der Waals surface area contributed by atoms with E-state index in [1.807, 2.05) is 26.1 Å². The van der Waals surface area contributed by atoms with Crippen molar-refractivity contribution in [3.63, 3.8) is 0 Å². The van der Waals surface area contributed by atoms with Crippen molar-refractivity contribution < 1.29 is 14.3 Å². The summed E-state index contributed by atoms with van der Waals surface area (Å²) < 4.78 is 10.7. The van der Waals surface area contributed by atoms with E-state index in [4.69, 9.17) is 9.47 Å². The van der Waals surface area contributed by atoms with E-state index in [-0.39, 0.29) is 11.9 Å². The Morgan fingerprint density at radius 2 is 2.07 bits per heavy atom. The highest BCUT2D eigenvalue weighted by Crippen LogP contribution is 2.31. The second-order valence-electron chi connectivity index (χ2n) is 7.74. The lowest BCUT2D eigenvalue weighted by molar-refractivity contribution is -0.149. The highest BCUT2D eigenvalue weighted by atomic mass is 16.5. The summed E-state index contributed by atoms with van der Waals surface area (Å²) in [5.74, 6) is 2.21. The molecule has 0 aromatic heterocycles. The van der Waals surface area contributed by atoms with E-state index in [1.54, 1.807) is 7.11 Å². The van der Waals surface area contributed by atoms with Crippen LogP contribution in [0.5, 0.6) is 5.75 Å². The smallest absolute Gasteiger partial charge is 0.310 e. The number of esters is 1. The van der Waals surface area contributed by atoms with Crippen LogP contribution in [-0.4, -0.2) is 70.3 Å². The minimum Gasteiger partial charge on any atom is -0.495 e. The number of nitrogens with zero attached hydrogens (tertiary/aromatic N) is 3. The van der Waals surface area contributed by atoms with Crippen molar-refractivity contribution in [3.05, 3.63) is 24.3 Å². The second kappa shape index (κ2) is 10.4. The van der Waals surface area contributed by atoms with Crippen LogP contribution in [0.1, 0.15) is 26.2 Å². The number of carbonyl (C=O) groups excluding carboxylic acids is 1. The lowest BCUT2D eigenvalue weighted by Gasteiger charge is -2.34. The molecular formula is C22H34N4O3. The molecule has 29 heavy (non-hydrogen) atoms. The van der Waals surface area contributed by atoms with Crippen LogP contribution in [0.3, 0.4) is 0 Å². The molecule has 1 aromatic rings. The lowest BCUT2D eigenvalue weighted by atomic mass is 9.98. The zero-order valence-electron chi connectivity index (χ0n) is 17.9.